The molecule has 4 heteroatoms. The zero-order chi connectivity index (χ0) is 14.7. The summed E-state index contributed by atoms with van der Waals surface area (Å²) < 4.78 is 9.88. The Morgan fingerprint density at radius 3 is 2.40 bits per heavy atom. The molecule has 0 N–H and O–H groups in total. The van der Waals surface area contributed by atoms with E-state index < -0.39 is 5.97 Å². The Labute approximate surface area is 118 Å². The van der Waals surface area contributed by atoms with Crippen molar-refractivity contribution in [3.63, 3.8) is 0 Å². The molecule has 1 aromatic carbocycles. The van der Waals surface area contributed by atoms with E-state index in [4.69, 9.17) is 9.47 Å². The smallest absolute Gasteiger partial charge is 0.341 e. The highest BCUT2D eigenvalue weighted by Gasteiger charge is 2.32. The van der Waals surface area contributed by atoms with Gasteiger partial charge in [-0.2, -0.15) is 0 Å². The van der Waals surface area contributed by atoms with Crippen LogP contribution < -0.4 is 4.74 Å². The second kappa shape index (κ2) is 5.90. The SMILES string of the molecule is COC(=O)C1=C(c2ccc(OC)cc2)CCC(C)C1=O. The molecule has 0 aliphatic heterocycles. The van der Waals surface area contributed by atoms with E-state index in [1.807, 2.05) is 31.2 Å². The molecular formula is C16H18O4. The van der Waals surface area contributed by atoms with Crippen LogP contribution in [0.5, 0.6) is 5.75 Å². The van der Waals surface area contributed by atoms with Crippen molar-refractivity contribution in [1.82, 2.24) is 0 Å². The van der Waals surface area contributed by atoms with Crippen molar-refractivity contribution in [2.24, 2.45) is 5.92 Å². The second-order valence-corrected chi connectivity index (χ2v) is 4.88. The maximum atomic E-state index is 12.2. The van der Waals surface area contributed by atoms with Crippen LogP contribution in [-0.4, -0.2) is 26.0 Å². The van der Waals surface area contributed by atoms with Gasteiger partial charge < -0.3 is 9.47 Å². The summed E-state index contributed by atoms with van der Waals surface area (Å²) in [6.45, 7) is 1.84. The average molecular weight is 274 g/mol. The first-order chi connectivity index (χ1) is 9.58. The van der Waals surface area contributed by atoms with Crippen LogP contribution in [0.25, 0.3) is 5.57 Å². The predicted molar refractivity (Wildman–Crippen MR) is 75.3 cm³/mol. The van der Waals surface area contributed by atoms with Gasteiger partial charge in [0.25, 0.3) is 0 Å². The molecule has 1 aliphatic rings. The van der Waals surface area contributed by atoms with Crippen LogP contribution in [0.2, 0.25) is 0 Å². The number of hydrogen-bond acceptors (Lipinski definition) is 4. The third kappa shape index (κ3) is 2.59. The molecule has 0 spiro atoms. The predicted octanol–water partition coefficient (Wildman–Crippen LogP) is 2.62. The fourth-order valence-corrected chi connectivity index (χ4v) is 2.42. The quantitative estimate of drug-likeness (QED) is 0.628. The minimum atomic E-state index is -0.549. The highest BCUT2D eigenvalue weighted by molar-refractivity contribution is 6.24. The first-order valence-electron chi connectivity index (χ1n) is 6.58. The van der Waals surface area contributed by atoms with Crippen molar-refractivity contribution in [2.45, 2.75) is 19.8 Å². The van der Waals surface area contributed by atoms with Crippen LogP contribution in [0, 0.1) is 5.92 Å². The topological polar surface area (TPSA) is 52.6 Å². The minimum Gasteiger partial charge on any atom is -0.497 e. The van der Waals surface area contributed by atoms with Gasteiger partial charge in [0.2, 0.25) is 0 Å². The van der Waals surface area contributed by atoms with Gasteiger partial charge in [-0.05, 0) is 36.1 Å². The van der Waals surface area contributed by atoms with E-state index >= 15 is 0 Å². The lowest BCUT2D eigenvalue weighted by atomic mass is 9.81. The van der Waals surface area contributed by atoms with Crippen LogP contribution in [0.1, 0.15) is 25.3 Å². The number of esters is 1. The van der Waals surface area contributed by atoms with Crippen molar-refractivity contribution in [3.8, 4) is 5.75 Å². The summed E-state index contributed by atoms with van der Waals surface area (Å²) in [5.41, 5.74) is 1.82. The molecule has 0 saturated carbocycles. The number of allylic oxidation sites excluding steroid dienone is 1. The summed E-state index contributed by atoms with van der Waals surface area (Å²) in [7, 11) is 2.90. The number of carbonyl (C=O) groups excluding carboxylic acids is 2. The van der Waals surface area contributed by atoms with E-state index in [-0.39, 0.29) is 17.3 Å². The van der Waals surface area contributed by atoms with Gasteiger partial charge in [0.15, 0.2) is 5.78 Å². The van der Waals surface area contributed by atoms with E-state index in [1.54, 1.807) is 7.11 Å². The summed E-state index contributed by atoms with van der Waals surface area (Å²) in [5.74, 6) is -0.0724. The van der Waals surface area contributed by atoms with Crippen LogP contribution in [-0.2, 0) is 14.3 Å². The molecule has 20 heavy (non-hydrogen) atoms. The molecule has 0 amide bonds. The van der Waals surface area contributed by atoms with Gasteiger partial charge in [0.05, 0.1) is 14.2 Å². The molecule has 0 bridgehead atoms. The molecule has 1 atom stereocenters. The number of rotatable bonds is 3. The molecular weight excluding hydrogens is 256 g/mol. The number of Topliss-reactive ketones (excluding diaryl/α,β-unsaturated/α-hetero) is 1. The maximum Gasteiger partial charge on any atom is 0.341 e. The lowest BCUT2D eigenvalue weighted by Gasteiger charge is -2.22. The molecule has 4 nitrogen and oxygen atoms in total. The third-order valence-electron chi connectivity index (χ3n) is 3.65. The van der Waals surface area contributed by atoms with E-state index in [1.165, 1.54) is 7.11 Å². The summed E-state index contributed by atoms with van der Waals surface area (Å²) in [5, 5.41) is 0. The first-order valence-corrected chi connectivity index (χ1v) is 6.58. The average Bonchev–Trinajstić information content (AvgIpc) is 2.49. The number of ketones is 1. The van der Waals surface area contributed by atoms with Crippen LogP contribution in [0.3, 0.4) is 0 Å². The molecule has 1 aromatic rings. The van der Waals surface area contributed by atoms with Crippen LogP contribution >= 0.6 is 0 Å². The van der Waals surface area contributed by atoms with Crippen molar-refractivity contribution < 1.29 is 19.1 Å². The van der Waals surface area contributed by atoms with E-state index in [9.17, 15) is 9.59 Å². The van der Waals surface area contributed by atoms with E-state index in [0.717, 1.165) is 23.3 Å². The largest absolute Gasteiger partial charge is 0.497 e. The summed E-state index contributed by atoms with van der Waals surface area (Å²) in [4.78, 5) is 24.2. The Bertz CT molecular complexity index is 554. The molecule has 0 heterocycles. The standard InChI is InChI=1S/C16H18O4/c1-10-4-9-13(14(15(10)17)16(18)20-3)11-5-7-12(19-2)8-6-11/h5-8,10H,4,9H2,1-3H3. The number of benzene rings is 1. The van der Waals surface area contributed by atoms with Crippen molar-refractivity contribution in [1.29, 1.82) is 0 Å². The first kappa shape index (κ1) is 14.3. The Hall–Kier alpha value is -2.10. The van der Waals surface area contributed by atoms with E-state index in [2.05, 4.69) is 0 Å². The van der Waals surface area contributed by atoms with Crippen LogP contribution in [0.15, 0.2) is 29.8 Å². The summed E-state index contributed by atoms with van der Waals surface area (Å²) in [6.07, 6.45) is 1.45. The van der Waals surface area contributed by atoms with Gasteiger partial charge in [-0.25, -0.2) is 4.79 Å². The maximum absolute atomic E-state index is 12.2. The highest BCUT2D eigenvalue weighted by atomic mass is 16.5. The molecule has 1 unspecified atom stereocenters. The van der Waals surface area contributed by atoms with Gasteiger partial charge in [0.1, 0.15) is 11.3 Å². The third-order valence-corrected chi connectivity index (χ3v) is 3.65. The van der Waals surface area contributed by atoms with Crippen molar-refractivity contribution in [2.75, 3.05) is 14.2 Å². The Morgan fingerprint density at radius 1 is 1.20 bits per heavy atom. The van der Waals surface area contributed by atoms with Gasteiger partial charge in [-0.1, -0.05) is 19.1 Å². The lowest BCUT2D eigenvalue weighted by Crippen LogP contribution is -2.26. The number of methoxy groups -OCH3 is 2. The fraction of sp³-hybridized carbons (Fsp3) is 0.375. The Morgan fingerprint density at radius 2 is 1.85 bits per heavy atom. The van der Waals surface area contributed by atoms with Crippen LogP contribution in [0.4, 0.5) is 0 Å². The number of ether oxygens (including phenoxy) is 2. The molecule has 0 fully saturated rings. The molecule has 2 rings (SSSR count). The van der Waals surface area contributed by atoms with Crippen molar-refractivity contribution in [3.05, 3.63) is 35.4 Å². The molecule has 0 aromatic heterocycles. The van der Waals surface area contributed by atoms with Gasteiger partial charge in [0, 0.05) is 5.92 Å². The van der Waals surface area contributed by atoms with Crippen molar-refractivity contribution >= 4 is 17.3 Å². The summed E-state index contributed by atoms with van der Waals surface area (Å²) >= 11 is 0. The normalized spacial score (nSPS) is 18.9. The van der Waals surface area contributed by atoms with Gasteiger partial charge >= 0.3 is 5.97 Å². The molecule has 0 saturated heterocycles. The Kier molecular flexibility index (Phi) is 4.23. The second-order valence-electron chi connectivity index (χ2n) is 4.88. The molecule has 1 aliphatic carbocycles. The number of carbonyl (C=O) groups is 2. The number of hydrogen-bond donors (Lipinski definition) is 0. The van der Waals surface area contributed by atoms with Gasteiger partial charge in [-0.3, -0.25) is 4.79 Å². The fourth-order valence-electron chi connectivity index (χ4n) is 2.42. The highest BCUT2D eigenvalue weighted by Crippen LogP contribution is 2.34. The molecule has 106 valence electrons. The van der Waals surface area contributed by atoms with Gasteiger partial charge in [-0.15, -0.1) is 0 Å². The Balaban J connectivity index is 2.50. The minimum absolute atomic E-state index is 0.131. The zero-order valence-electron chi connectivity index (χ0n) is 11.9. The zero-order valence-corrected chi connectivity index (χ0v) is 11.9. The van der Waals surface area contributed by atoms with E-state index in [0.29, 0.717) is 6.42 Å². The summed E-state index contributed by atoms with van der Waals surface area (Å²) in [6, 6.07) is 7.36. The lowest BCUT2D eigenvalue weighted by molar-refractivity contribution is -0.138. The monoisotopic (exact) mass is 274 g/mol. The molecule has 0 radical (unpaired) electrons.